The molecule has 0 aromatic carbocycles. The zero-order chi connectivity index (χ0) is 17.0. The van der Waals surface area contributed by atoms with Crippen LogP contribution in [0.15, 0.2) is 24.0 Å². The van der Waals surface area contributed by atoms with Crippen LogP contribution in [-0.2, 0) is 9.53 Å². The van der Waals surface area contributed by atoms with Crippen LogP contribution in [-0.4, -0.2) is 23.1 Å². The van der Waals surface area contributed by atoms with Gasteiger partial charge in [0.1, 0.15) is 18.1 Å². The first-order chi connectivity index (χ1) is 10.8. The summed E-state index contributed by atoms with van der Waals surface area (Å²) in [6.45, 7) is 11.1. The molecule has 0 amide bonds. The van der Waals surface area contributed by atoms with Gasteiger partial charge in [-0.05, 0) is 36.2 Å². The largest absolute Gasteiger partial charge is 0.484 e. The molecule has 0 spiro atoms. The van der Waals surface area contributed by atoms with Crippen molar-refractivity contribution in [2.75, 3.05) is 0 Å². The molecule has 1 saturated heterocycles. The minimum atomic E-state index is -0.662. The predicted octanol–water partition coefficient (Wildman–Crippen LogP) is 3.73. The average molecular weight is 318 g/mol. The highest BCUT2D eigenvalue weighted by Crippen LogP contribution is 2.67. The van der Waals surface area contributed by atoms with Gasteiger partial charge in [0.05, 0.1) is 0 Å². The van der Waals surface area contributed by atoms with Crippen LogP contribution in [0.4, 0.5) is 0 Å². The Bertz CT molecular complexity index is 551. The zero-order valence-electron chi connectivity index (χ0n) is 15.0. The van der Waals surface area contributed by atoms with Gasteiger partial charge in [0, 0.05) is 17.4 Å². The summed E-state index contributed by atoms with van der Waals surface area (Å²) in [4.78, 5) is 11.2. The molecular weight excluding hydrogens is 288 g/mol. The van der Waals surface area contributed by atoms with Crippen LogP contribution in [0, 0.1) is 35.0 Å². The molecule has 2 fully saturated rings. The molecule has 2 aliphatic carbocycles. The molecule has 128 valence electrons. The third kappa shape index (κ3) is 2.02. The molecule has 3 aliphatic rings. The Hall–Kier alpha value is -1.09. The highest BCUT2D eigenvalue weighted by molar-refractivity contribution is 5.66. The second kappa shape index (κ2) is 5.47. The summed E-state index contributed by atoms with van der Waals surface area (Å²) in [5, 5.41) is 11.0. The number of aliphatic hydroxyl groups is 1. The number of ether oxygens (including phenoxy) is 1. The molecule has 3 nitrogen and oxygen atoms in total. The zero-order valence-corrected chi connectivity index (χ0v) is 15.0. The first kappa shape index (κ1) is 16.8. The van der Waals surface area contributed by atoms with Gasteiger partial charge in [-0.1, -0.05) is 47.1 Å². The van der Waals surface area contributed by atoms with Gasteiger partial charge in [0.15, 0.2) is 5.60 Å². The lowest BCUT2D eigenvalue weighted by Gasteiger charge is -2.53. The highest BCUT2D eigenvalue weighted by atomic mass is 16.5. The summed E-state index contributed by atoms with van der Waals surface area (Å²) in [5.41, 5.74) is -0.879. The molecule has 1 unspecified atom stereocenters. The molecule has 0 aromatic heterocycles. The van der Waals surface area contributed by atoms with E-state index in [1.165, 1.54) is 0 Å². The van der Waals surface area contributed by atoms with Crippen LogP contribution in [0.3, 0.4) is 0 Å². The minimum absolute atomic E-state index is 0.200. The monoisotopic (exact) mass is 318 g/mol. The lowest BCUT2D eigenvalue weighted by molar-refractivity contribution is -0.136. The van der Waals surface area contributed by atoms with Gasteiger partial charge in [-0.15, -0.1) is 0 Å². The van der Waals surface area contributed by atoms with Crippen molar-refractivity contribution in [1.82, 2.24) is 0 Å². The van der Waals surface area contributed by atoms with Crippen molar-refractivity contribution in [1.29, 1.82) is 0 Å². The molecule has 0 radical (unpaired) electrons. The van der Waals surface area contributed by atoms with Crippen LogP contribution in [0.5, 0.6) is 0 Å². The summed E-state index contributed by atoms with van der Waals surface area (Å²) in [7, 11) is 0. The van der Waals surface area contributed by atoms with E-state index in [1.54, 1.807) is 6.08 Å². The molecule has 1 heterocycles. The van der Waals surface area contributed by atoms with Gasteiger partial charge in [0.2, 0.25) is 0 Å². The molecule has 1 aliphatic heterocycles. The van der Waals surface area contributed by atoms with Crippen LogP contribution in [0.2, 0.25) is 0 Å². The lowest BCUT2D eigenvalue weighted by Crippen LogP contribution is -2.60. The number of aldehydes is 1. The van der Waals surface area contributed by atoms with E-state index in [9.17, 15) is 9.90 Å². The van der Waals surface area contributed by atoms with Crippen molar-refractivity contribution in [3.8, 4) is 0 Å². The van der Waals surface area contributed by atoms with Gasteiger partial charge in [0.25, 0.3) is 0 Å². The Morgan fingerprint density at radius 2 is 2.13 bits per heavy atom. The van der Waals surface area contributed by atoms with E-state index in [0.29, 0.717) is 17.8 Å². The Labute approximate surface area is 139 Å². The fourth-order valence-corrected chi connectivity index (χ4v) is 5.93. The van der Waals surface area contributed by atoms with Crippen molar-refractivity contribution in [2.24, 2.45) is 35.0 Å². The molecule has 23 heavy (non-hydrogen) atoms. The standard InChI is InChI=1S/C20H30O3/c1-6-12(2)15-7-9-20-17(13(3)11-14(4)18(20)22)19(15,5)16(23-20)8-10-21/h7-10,12-15,17-18,22H,6,11H2,1-5H3/b16-8+/t12?,13-,14+,15-,17-,18-,19-,20-/m1/s1. The van der Waals surface area contributed by atoms with Gasteiger partial charge >= 0.3 is 0 Å². The minimum Gasteiger partial charge on any atom is -0.484 e. The second-order valence-corrected chi connectivity index (χ2v) is 8.29. The molecule has 2 bridgehead atoms. The van der Waals surface area contributed by atoms with Crippen molar-refractivity contribution in [3.63, 3.8) is 0 Å². The number of hydrogen-bond donors (Lipinski definition) is 1. The molecule has 1 saturated carbocycles. The molecule has 3 rings (SSSR count). The number of allylic oxidation sites excluding steroid dienone is 3. The van der Waals surface area contributed by atoms with Gasteiger partial charge in [-0.25, -0.2) is 0 Å². The third-order valence-electron chi connectivity index (χ3n) is 7.00. The maximum Gasteiger partial charge on any atom is 0.157 e. The molecular formula is C20H30O3. The van der Waals surface area contributed by atoms with E-state index >= 15 is 0 Å². The quantitative estimate of drug-likeness (QED) is 0.490. The SMILES string of the molecule is CCC(C)[C@H]1C=C[C@@]23O/C(=C/C=O)[C@]1(C)[C@H]2[C@H](C)C[C@H](C)[C@H]3O. The maximum atomic E-state index is 11.2. The molecule has 0 aromatic rings. The van der Waals surface area contributed by atoms with Crippen LogP contribution < -0.4 is 0 Å². The average Bonchev–Trinajstić information content (AvgIpc) is 2.69. The first-order valence-electron chi connectivity index (χ1n) is 9.05. The van der Waals surface area contributed by atoms with Crippen LogP contribution in [0.25, 0.3) is 0 Å². The first-order valence-corrected chi connectivity index (χ1v) is 9.05. The number of carbonyl (C=O) groups excluding carboxylic acids is 1. The second-order valence-electron chi connectivity index (χ2n) is 8.29. The summed E-state index contributed by atoms with van der Waals surface area (Å²) in [6, 6.07) is 0. The van der Waals surface area contributed by atoms with E-state index in [0.717, 1.165) is 24.9 Å². The smallest absolute Gasteiger partial charge is 0.157 e. The summed E-state index contributed by atoms with van der Waals surface area (Å²) in [5.74, 6) is 2.49. The molecule has 3 heteroatoms. The molecule has 8 atom stereocenters. The van der Waals surface area contributed by atoms with Crippen LogP contribution in [0.1, 0.15) is 47.5 Å². The predicted molar refractivity (Wildman–Crippen MR) is 90.6 cm³/mol. The van der Waals surface area contributed by atoms with Crippen molar-refractivity contribution in [2.45, 2.75) is 59.2 Å². The number of carbonyl (C=O) groups is 1. The van der Waals surface area contributed by atoms with E-state index in [-0.39, 0.29) is 17.3 Å². The normalized spacial score (nSPS) is 51.2. The number of aliphatic hydroxyl groups excluding tert-OH is 1. The maximum absolute atomic E-state index is 11.2. The fourth-order valence-electron chi connectivity index (χ4n) is 5.93. The van der Waals surface area contributed by atoms with E-state index < -0.39 is 11.7 Å². The van der Waals surface area contributed by atoms with Gasteiger partial charge < -0.3 is 9.84 Å². The summed E-state index contributed by atoms with van der Waals surface area (Å²) in [6.07, 6.45) is 8.37. The van der Waals surface area contributed by atoms with Crippen molar-refractivity contribution in [3.05, 3.63) is 24.0 Å². The topological polar surface area (TPSA) is 46.5 Å². The lowest BCUT2D eigenvalue weighted by atomic mass is 9.49. The van der Waals surface area contributed by atoms with Gasteiger partial charge in [-0.2, -0.15) is 0 Å². The van der Waals surface area contributed by atoms with Crippen molar-refractivity contribution >= 4 is 6.29 Å². The van der Waals surface area contributed by atoms with E-state index in [1.807, 2.05) is 0 Å². The van der Waals surface area contributed by atoms with E-state index in [2.05, 4.69) is 46.8 Å². The Morgan fingerprint density at radius 3 is 2.74 bits per heavy atom. The third-order valence-corrected chi connectivity index (χ3v) is 7.00. The number of hydrogen-bond acceptors (Lipinski definition) is 3. The summed E-state index contributed by atoms with van der Waals surface area (Å²) >= 11 is 0. The van der Waals surface area contributed by atoms with Crippen molar-refractivity contribution < 1.29 is 14.6 Å². The van der Waals surface area contributed by atoms with Gasteiger partial charge in [-0.3, -0.25) is 4.79 Å². The van der Waals surface area contributed by atoms with Crippen LogP contribution >= 0.6 is 0 Å². The highest BCUT2D eigenvalue weighted by Gasteiger charge is 2.69. The van der Waals surface area contributed by atoms with E-state index in [4.69, 9.17) is 4.74 Å². The Morgan fingerprint density at radius 1 is 1.43 bits per heavy atom. The summed E-state index contributed by atoms with van der Waals surface area (Å²) < 4.78 is 6.39. The Kier molecular flexibility index (Phi) is 3.99. The molecule has 1 N–H and O–H groups in total. The Balaban J connectivity index is 2.20. The number of rotatable bonds is 3. The fraction of sp³-hybridized carbons (Fsp3) is 0.750.